The largest absolute Gasteiger partial charge is 0.411 e. The molecule has 4 rings (SSSR count). The van der Waals surface area contributed by atoms with Crippen molar-refractivity contribution in [1.82, 2.24) is 0 Å². The average molecular weight is 599 g/mol. The van der Waals surface area contributed by atoms with E-state index in [4.69, 9.17) is 25.5 Å². The fourth-order valence-electron chi connectivity index (χ4n) is 5.94. The molecule has 0 aromatic heterocycles. The number of hydrogen-bond donors (Lipinski definition) is 1. The van der Waals surface area contributed by atoms with E-state index in [-0.39, 0.29) is 46.8 Å². The number of halogens is 2. The summed E-state index contributed by atoms with van der Waals surface area (Å²) in [6.07, 6.45) is -0.128. The molecular weight excluding hydrogens is 559 g/mol. The fourth-order valence-corrected chi connectivity index (χ4v) is 10.8. The van der Waals surface area contributed by atoms with Crippen molar-refractivity contribution in [2.24, 2.45) is 5.16 Å². The Hall–Kier alpha value is -2.75. The molecule has 1 fully saturated rings. The molecule has 1 aliphatic heterocycles. The van der Waals surface area contributed by atoms with Gasteiger partial charge in [0.15, 0.2) is 5.82 Å². The molecule has 0 amide bonds. The van der Waals surface area contributed by atoms with Crippen molar-refractivity contribution in [3.63, 3.8) is 0 Å². The molecule has 220 valence electrons. The summed E-state index contributed by atoms with van der Waals surface area (Å²) in [7, 11) is -1.45. The number of oxime groups is 1. The highest BCUT2D eigenvalue weighted by Gasteiger charge is 2.50. The molecule has 0 aliphatic carbocycles. The fraction of sp³-hybridized carbons (Fsp3) is 0.406. The lowest BCUT2D eigenvalue weighted by atomic mass is 10.0. The highest BCUT2D eigenvalue weighted by Crippen LogP contribution is 2.41. The van der Waals surface area contributed by atoms with Gasteiger partial charge in [0.1, 0.15) is 10.7 Å². The van der Waals surface area contributed by atoms with E-state index >= 15 is 4.39 Å². The summed E-state index contributed by atoms with van der Waals surface area (Å²) < 4.78 is 34.2. The zero-order valence-corrected chi connectivity index (χ0v) is 26.4. The molecule has 6 nitrogen and oxygen atoms in total. The Balaban J connectivity index is 1.91. The van der Waals surface area contributed by atoms with Gasteiger partial charge in [-0.15, -0.1) is 0 Å². The zero-order chi connectivity index (χ0) is 29.8. The lowest BCUT2D eigenvalue weighted by Crippen LogP contribution is -2.66. The molecule has 0 unspecified atom stereocenters. The number of hydrogen-bond acceptors (Lipinski definition) is 6. The molecule has 41 heavy (non-hydrogen) atoms. The molecule has 3 aromatic carbocycles. The second-order valence-electron chi connectivity index (χ2n) is 11.7. The van der Waals surface area contributed by atoms with Gasteiger partial charge in [-0.25, -0.2) is 4.39 Å². The first-order valence-corrected chi connectivity index (χ1v) is 16.2. The molecule has 1 heterocycles. The maximum absolute atomic E-state index is 15.9. The summed E-state index contributed by atoms with van der Waals surface area (Å²) in [5, 5.41) is 15.0. The quantitative estimate of drug-likeness (QED) is 0.142. The van der Waals surface area contributed by atoms with Gasteiger partial charge >= 0.3 is 0 Å². The predicted molar refractivity (Wildman–Crippen MR) is 166 cm³/mol. The highest BCUT2D eigenvalue weighted by atomic mass is 35.5. The lowest BCUT2D eigenvalue weighted by molar-refractivity contribution is -0.00532. The minimum absolute atomic E-state index is 0.0397. The number of rotatable bonds is 9. The molecule has 0 radical (unpaired) electrons. The monoisotopic (exact) mass is 598 g/mol. The minimum atomic E-state index is -2.91. The molecule has 0 spiro atoms. The third-order valence-electron chi connectivity index (χ3n) is 7.57. The van der Waals surface area contributed by atoms with Gasteiger partial charge in [-0.2, -0.15) is 0 Å². The molecule has 0 saturated carbocycles. The van der Waals surface area contributed by atoms with Crippen molar-refractivity contribution in [2.45, 2.75) is 58.5 Å². The van der Waals surface area contributed by atoms with Crippen LogP contribution in [0, 0.1) is 5.82 Å². The average Bonchev–Trinajstić information content (AvgIpc) is 2.94. The summed E-state index contributed by atoms with van der Waals surface area (Å²) in [4.78, 5) is 2.07. The van der Waals surface area contributed by atoms with Gasteiger partial charge in [0.05, 0.1) is 31.1 Å². The normalized spacial score (nSPS) is 18.5. The number of benzene rings is 3. The van der Waals surface area contributed by atoms with Crippen molar-refractivity contribution in [2.75, 3.05) is 31.7 Å². The van der Waals surface area contributed by atoms with Crippen LogP contribution in [0.5, 0.6) is 0 Å². The van der Waals surface area contributed by atoms with Gasteiger partial charge in [-0.3, -0.25) is 0 Å². The number of ether oxygens (including phenoxy) is 2. The van der Waals surface area contributed by atoms with Crippen LogP contribution in [0.3, 0.4) is 0 Å². The van der Waals surface area contributed by atoms with Crippen LogP contribution in [0.4, 0.5) is 10.1 Å². The summed E-state index contributed by atoms with van der Waals surface area (Å²) in [6.45, 7) is 11.8. The molecule has 9 heteroatoms. The van der Waals surface area contributed by atoms with E-state index in [1.807, 2.05) is 50.2 Å². The standard InChI is InChI=1S/C32H40ClFN2O4Si/c1-22-18-36(19-23(2)40-22)31-24(17-27(30(34)29(31)33)28(35-37)21-38-6)20-39-41(32(3,4)5,25-13-9-7-10-14-25)26-15-11-8-12-16-26/h7-17,22-23,37H,18-21H2,1-6H3/b35-28+/t22-,23+. The van der Waals surface area contributed by atoms with E-state index in [1.165, 1.54) is 7.11 Å². The number of anilines is 1. The molecule has 1 saturated heterocycles. The van der Waals surface area contributed by atoms with Crippen molar-refractivity contribution in [3.8, 4) is 0 Å². The van der Waals surface area contributed by atoms with Gasteiger partial charge in [0.2, 0.25) is 0 Å². The first kappa shape index (κ1) is 31.2. The zero-order valence-electron chi connectivity index (χ0n) is 24.7. The second kappa shape index (κ2) is 13.0. The summed E-state index contributed by atoms with van der Waals surface area (Å²) in [5.41, 5.74) is 1.41. The van der Waals surface area contributed by atoms with E-state index in [0.29, 0.717) is 24.3 Å². The third-order valence-corrected chi connectivity index (χ3v) is 12.9. The maximum atomic E-state index is 15.9. The molecule has 1 aliphatic rings. The maximum Gasteiger partial charge on any atom is 0.261 e. The predicted octanol–water partition coefficient (Wildman–Crippen LogP) is 5.99. The SMILES string of the molecule is COC/C(=N\O)c1cc(CO[Si](c2ccccc2)(c2ccccc2)C(C)(C)C)c(N2C[C@@H](C)O[C@@H](C)C2)c(Cl)c1F. The van der Waals surface area contributed by atoms with Crippen molar-refractivity contribution < 1.29 is 23.5 Å². The van der Waals surface area contributed by atoms with Crippen LogP contribution in [0.1, 0.15) is 45.7 Å². The molecule has 0 bridgehead atoms. The Morgan fingerprint density at radius 1 is 1.05 bits per heavy atom. The summed E-state index contributed by atoms with van der Waals surface area (Å²) >= 11 is 6.83. The van der Waals surface area contributed by atoms with Crippen LogP contribution >= 0.6 is 11.6 Å². The van der Waals surface area contributed by atoms with E-state index in [2.05, 4.69) is 55.1 Å². The summed E-state index contributed by atoms with van der Waals surface area (Å²) in [6, 6.07) is 22.4. The van der Waals surface area contributed by atoms with Crippen LogP contribution in [-0.4, -0.2) is 58.3 Å². The Morgan fingerprint density at radius 2 is 1.59 bits per heavy atom. The Morgan fingerprint density at radius 3 is 2.05 bits per heavy atom. The van der Waals surface area contributed by atoms with Crippen LogP contribution in [0.25, 0.3) is 0 Å². The minimum Gasteiger partial charge on any atom is -0.411 e. The Labute approximate surface area is 248 Å². The van der Waals surface area contributed by atoms with Crippen molar-refractivity contribution in [1.29, 1.82) is 0 Å². The Bertz CT molecular complexity index is 1300. The number of morpholine rings is 1. The third kappa shape index (κ3) is 6.37. The van der Waals surface area contributed by atoms with Gasteiger partial charge in [0, 0.05) is 31.3 Å². The van der Waals surface area contributed by atoms with Crippen LogP contribution in [-0.2, 0) is 20.5 Å². The van der Waals surface area contributed by atoms with E-state index in [1.54, 1.807) is 6.07 Å². The number of methoxy groups -OCH3 is 1. The molecule has 3 aromatic rings. The molecule has 1 N–H and O–H groups in total. The van der Waals surface area contributed by atoms with E-state index < -0.39 is 14.1 Å². The lowest BCUT2D eigenvalue weighted by Gasteiger charge is -2.43. The second-order valence-corrected chi connectivity index (χ2v) is 16.3. The van der Waals surface area contributed by atoms with E-state index in [9.17, 15) is 5.21 Å². The van der Waals surface area contributed by atoms with Crippen LogP contribution in [0.2, 0.25) is 10.1 Å². The van der Waals surface area contributed by atoms with Gasteiger partial charge in [-0.05, 0) is 35.3 Å². The van der Waals surface area contributed by atoms with Crippen LogP contribution in [0.15, 0.2) is 71.9 Å². The van der Waals surface area contributed by atoms with Crippen molar-refractivity contribution >= 4 is 41.7 Å². The molecule has 2 atom stereocenters. The van der Waals surface area contributed by atoms with Gasteiger partial charge in [0.25, 0.3) is 8.32 Å². The first-order chi connectivity index (χ1) is 19.5. The van der Waals surface area contributed by atoms with Crippen LogP contribution < -0.4 is 15.3 Å². The van der Waals surface area contributed by atoms with Crippen molar-refractivity contribution in [3.05, 3.63) is 88.7 Å². The first-order valence-electron chi connectivity index (χ1n) is 13.9. The van der Waals surface area contributed by atoms with E-state index in [0.717, 1.165) is 10.4 Å². The Kier molecular flexibility index (Phi) is 9.92. The number of nitrogens with zero attached hydrogens (tertiary/aromatic N) is 2. The van der Waals surface area contributed by atoms with Gasteiger partial charge < -0.3 is 24.0 Å². The summed E-state index contributed by atoms with van der Waals surface area (Å²) in [5.74, 6) is -0.660. The van der Waals surface area contributed by atoms with Gasteiger partial charge in [-0.1, -0.05) is 98.2 Å². The molecular formula is C32H40ClFN2O4Si. The smallest absolute Gasteiger partial charge is 0.261 e. The highest BCUT2D eigenvalue weighted by molar-refractivity contribution is 6.99. The topological polar surface area (TPSA) is 63.5 Å².